The minimum atomic E-state index is -0.319. The van der Waals surface area contributed by atoms with Crippen molar-refractivity contribution in [3.63, 3.8) is 0 Å². The number of rotatable bonds is 0. The minimum Gasteiger partial charge on any atom is -0.463 e. The van der Waals surface area contributed by atoms with Gasteiger partial charge in [-0.25, -0.2) is 0 Å². The van der Waals surface area contributed by atoms with E-state index in [-0.39, 0.29) is 6.10 Å². The highest BCUT2D eigenvalue weighted by Crippen LogP contribution is 1.94. The number of nitrogens with zero attached hydrogens (tertiary/aromatic N) is 2. The van der Waals surface area contributed by atoms with Gasteiger partial charge in [0.2, 0.25) is 6.10 Å². The zero-order chi connectivity index (χ0) is 5.11. The maximum Gasteiger partial charge on any atom is 0.204 e. The fourth-order valence-electron chi connectivity index (χ4n) is 0.370. The summed E-state index contributed by atoms with van der Waals surface area (Å²) in [5.74, 6) is 0. The molecule has 0 amide bonds. The molecule has 36 valence electrons. The van der Waals surface area contributed by atoms with Crippen LogP contribution in [0.1, 0.15) is 0 Å². The summed E-state index contributed by atoms with van der Waals surface area (Å²) in [5, 5.41) is 8.11. The van der Waals surface area contributed by atoms with Gasteiger partial charge in [0.05, 0.1) is 6.54 Å². The highest BCUT2D eigenvalue weighted by molar-refractivity contribution is 5.49. The Labute approximate surface area is 41.2 Å². The molecule has 1 atom stereocenters. The van der Waals surface area contributed by atoms with E-state index in [1.54, 1.807) is 0 Å². The second kappa shape index (κ2) is 1.61. The van der Waals surface area contributed by atoms with Gasteiger partial charge in [0, 0.05) is 0 Å². The van der Waals surface area contributed by atoms with Crippen molar-refractivity contribution in [3.8, 4) is 6.07 Å². The first kappa shape index (κ1) is 4.13. The van der Waals surface area contributed by atoms with Gasteiger partial charge in [-0.05, 0) is 0 Å². The minimum absolute atomic E-state index is 0.319. The molecule has 3 heteroatoms. The molecule has 0 spiro atoms. The van der Waals surface area contributed by atoms with Gasteiger partial charge >= 0.3 is 0 Å². The summed E-state index contributed by atoms with van der Waals surface area (Å²) in [6.07, 6.45) is 0.994. The molecular weight excluding hydrogens is 92.1 g/mol. The van der Waals surface area contributed by atoms with Crippen molar-refractivity contribution < 1.29 is 4.74 Å². The number of hydrogen-bond acceptors (Lipinski definition) is 3. The van der Waals surface area contributed by atoms with Crippen LogP contribution in [0.3, 0.4) is 0 Å². The van der Waals surface area contributed by atoms with Crippen molar-refractivity contribution in [1.82, 2.24) is 0 Å². The predicted molar refractivity (Wildman–Crippen MR) is 23.8 cm³/mol. The quantitative estimate of drug-likeness (QED) is 0.424. The van der Waals surface area contributed by atoms with Crippen LogP contribution in [0, 0.1) is 11.3 Å². The van der Waals surface area contributed by atoms with Crippen molar-refractivity contribution in [2.24, 2.45) is 4.99 Å². The molecule has 0 aliphatic carbocycles. The van der Waals surface area contributed by atoms with E-state index in [0.717, 1.165) is 0 Å². The predicted octanol–water partition coefficient (Wildman–Crippen LogP) is -0.0629. The molecule has 1 aliphatic heterocycles. The van der Waals surface area contributed by atoms with Crippen LogP contribution in [0.2, 0.25) is 0 Å². The monoisotopic (exact) mass is 96.0 g/mol. The van der Waals surface area contributed by atoms with Crippen molar-refractivity contribution in [2.45, 2.75) is 6.10 Å². The normalized spacial score (nSPS) is 26.4. The van der Waals surface area contributed by atoms with Gasteiger partial charge < -0.3 is 4.74 Å². The Morgan fingerprint density at radius 3 is 3.14 bits per heavy atom. The summed E-state index contributed by atoms with van der Waals surface area (Å²) < 4.78 is 4.65. The van der Waals surface area contributed by atoms with E-state index >= 15 is 0 Å². The Balaban J connectivity index is 2.39. The molecule has 0 saturated heterocycles. The van der Waals surface area contributed by atoms with E-state index in [4.69, 9.17) is 5.26 Å². The molecule has 0 aromatic rings. The summed E-state index contributed by atoms with van der Waals surface area (Å²) >= 11 is 0. The van der Waals surface area contributed by atoms with Crippen LogP contribution in [0.4, 0.5) is 0 Å². The van der Waals surface area contributed by atoms with Crippen LogP contribution in [-0.4, -0.2) is 19.0 Å². The average Bonchev–Trinajstić information content (AvgIpc) is 2.14. The van der Waals surface area contributed by atoms with Gasteiger partial charge in [0.1, 0.15) is 6.07 Å². The first-order valence-electron chi connectivity index (χ1n) is 1.97. The number of aliphatic imine (C=N–C) groups is 1. The lowest BCUT2D eigenvalue weighted by molar-refractivity contribution is 0.293. The number of hydrogen-bond donors (Lipinski definition) is 0. The molecule has 1 rings (SSSR count). The Kier molecular flexibility index (Phi) is 0.947. The molecule has 0 aromatic carbocycles. The van der Waals surface area contributed by atoms with Crippen molar-refractivity contribution >= 4 is 6.40 Å². The van der Waals surface area contributed by atoms with Crippen molar-refractivity contribution in [3.05, 3.63) is 0 Å². The fraction of sp³-hybridized carbons (Fsp3) is 0.500. The van der Waals surface area contributed by atoms with Crippen LogP contribution in [0.15, 0.2) is 4.99 Å². The van der Waals surface area contributed by atoms with Gasteiger partial charge in [0.15, 0.2) is 6.40 Å². The summed E-state index contributed by atoms with van der Waals surface area (Å²) in [6.45, 7) is 0.497. The number of ether oxygens (including phenoxy) is 1. The maximum absolute atomic E-state index is 8.11. The van der Waals surface area contributed by atoms with E-state index in [1.165, 1.54) is 6.40 Å². The van der Waals surface area contributed by atoms with E-state index in [2.05, 4.69) is 9.73 Å². The molecule has 0 bridgehead atoms. The van der Waals surface area contributed by atoms with Crippen LogP contribution < -0.4 is 0 Å². The Bertz CT molecular complexity index is 116. The third-order valence-electron chi connectivity index (χ3n) is 0.715. The molecule has 0 saturated carbocycles. The Morgan fingerprint density at radius 2 is 2.86 bits per heavy atom. The van der Waals surface area contributed by atoms with E-state index < -0.39 is 0 Å². The summed E-state index contributed by atoms with van der Waals surface area (Å²) in [7, 11) is 0. The van der Waals surface area contributed by atoms with Crippen molar-refractivity contribution in [1.29, 1.82) is 5.26 Å². The second-order valence-electron chi connectivity index (χ2n) is 1.22. The topological polar surface area (TPSA) is 45.4 Å². The molecular formula is C4H4N2O. The van der Waals surface area contributed by atoms with Gasteiger partial charge in [-0.3, -0.25) is 4.99 Å². The van der Waals surface area contributed by atoms with Gasteiger partial charge in [-0.1, -0.05) is 0 Å². The smallest absolute Gasteiger partial charge is 0.204 e. The van der Waals surface area contributed by atoms with Gasteiger partial charge in [-0.15, -0.1) is 0 Å². The largest absolute Gasteiger partial charge is 0.463 e. The SMILES string of the molecule is N#CC1CN=CO1. The third kappa shape index (κ3) is 0.686. The van der Waals surface area contributed by atoms with E-state index in [9.17, 15) is 0 Å². The van der Waals surface area contributed by atoms with E-state index in [1.807, 2.05) is 6.07 Å². The Morgan fingerprint density at radius 1 is 2.00 bits per heavy atom. The number of nitriles is 1. The molecule has 1 heterocycles. The highest BCUT2D eigenvalue weighted by atomic mass is 16.5. The van der Waals surface area contributed by atoms with Crippen LogP contribution >= 0.6 is 0 Å². The summed E-state index contributed by atoms with van der Waals surface area (Å²) in [5.41, 5.74) is 0. The molecule has 1 aliphatic rings. The summed E-state index contributed by atoms with van der Waals surface area (Å²) in [6, 6.07) is 1.92. The molecule has 1 unspecified atom stereocenters. The summed E-state index contributed by atoms with van der Waals surface area (Å²) in [4.78, 5) is 3.67. The molecule has 3 nitrogen and oxygen atoms in total. The average molecular weight is 96.1 g/mol. The molecule has 0 N–H and O–H groups in total. The van der Waals surface area contributed by atoms with E-state index in [0.29, 0.717) is 6.54 Å². The molecule has 0 fully saturated rings. The lowest BCUT2D eigenvalue weighted by Gasteiger charge is -1.91. The van der Waals surface area contributed by atoms with Crippen molar-refractivity contribution in [2.75, 3.05) is 6.54 Å². The lowest BCUT2D eigenvalue weighted by atomic mass is 10.4. The first-order chi connectivity index (χ1) is 3.43. The standard InChI is InChI=1S/C4H4N2O/c5-1-4-2-6-3-7-4/h3-4H,2H2. The van der Waals surface area contributed by atoms with Crippen LogP contribution in [0.25, 0.3) is 0 Å². The Hall–Kier alpha value is -1.04. The fourth-order valence-corrected chi connectivity index (χ4v) is 0.370. The van der Waals surface area contributed by atoms with Crippen LogP contribution in [0.5, 0.6) is 0 Å². The zero-order valence-corrected chi connectivity index (χ0v) is 3.66. The van der Waals surface area contributed by atoms with Crippen LogP contribution in [-0.2, 0) is 4.74 Å². The highest BCUT2D eigenvalue weighted by Gasteiger charge is 2.08. The molecule has 7 heavy (non-hydrogen) atoms. The van der Waals surface area contributed by atoms with Gasteiger partial charge in [-0.2, -0.15) is 5.26 Å². The first-order valence-corrected chi connectivity index (χ1v) is 1.97. The second-order valence-corrected chi connectivity index (χ2v) is 1.22. The molecule has 0 radical (unpaired) electrons. The third-order valence-corrected chi connectivity index (χ3v) is 0.715. The molecule has 0 aromatic heterocycles. The zero-order valence-electron chi connectivity index (χ0n) is 3.66. The van der Waals surface area contributed by atoms with Gasteiger partial charge in [0.25, 0.3) is 0 Å². The maximum atomic E-state index is 8.11. The lowest BCUT2D eigenvalue weighted by Crippen LogP contribution is -2.04.